The third-order valence-corrected chi connectivity index (χ3v) is 4.75. The minimum atomic E-state index is -4.87. The van der Waals surface area contributed by atoms with Gasteiger partial charge < -0.3 is 10.1 Å². The number of benzene rings is 1. The van der Waals surface area contributed by atoms with Crippen LogP contribution in [0.3, 0.4) is 0 Å². The van der Waals surface area contributed by atoms with E-state index in [2.05, 4.69) is 15.4 Å². The normalized spacial score (nSPS) is 11.4. The summed E-state index contributed by atoms with van der Waals surface area (Å²) in [5, 5.41) is 6.79. The largest absolute Gasteiger partial charge is 0.437 e. The molecular formula is C18H12Cl3F3N4O2. The molecule has 0 aliphatic carbocycles. The number of pyridine rings is 1. The topological polar surface area (TPSA) is 69.0 Å². The Balaban J connectivity index is 1.74. The molecule has 2 heterocycles. The van der Waals surface area contributed by atoms with Gasteiger partial charge in [0.15, 0.2) is 17.3 Å². The molecule has 3 aromatic rings. The number of halogens is 6. The lowest BCUT2D eigenvalue weighted by Crippen LogP contribution is -2.29. The first kappa shape index (κ1) is 22.2. The zero-order valence-electron chi connectivity index (χ0n) is 14.9. The highest BCUT2D eigenvalue weighted by atomic mass is 35.5. The van der Waals surface area contributed by atoms with Crippen molar-refractivity contribution in [1.29, 1.82) is 0 Å². The molecule has 0 radical (unpaired) electrons. The number of carbonyl (C=O) groups excluding carboxylic acids is 1. The molecule has 1 amide bonds. The molecule has 3 rings (SSSR count). The molecule has 1 aromatic carbocycles. The van der Waals surface area contributed by atoms with Gasteiger partial charge in [-0.15, -0.1) is 0 Å². The molecule has 30 heavy (non-hydrogen) atoms. The van der Waals surface area contributed by atoms with Gasteiger partial charge >= 0.3 is 12.3 Å². The van der Waals surface area contributed by atoms with E-state index in [0.29, 0.717) is 20.3 Å². The minimum Gasteiger partial charge on any atom is -0.406 e. The van der Waals surface area contributed by atoms with Crippen LogP contribution in [0.4, 0.5) is 18.0 Å². The van der Waals surface area contributed by atoms with Crippen molar-refractivity contribution in [2.75, 3.05) is 6.54 Å². The molecule has 2 aromatic heterocycles. The molecule has 0 spiro atoms. The second-order valence-corrected chi connectivity index (χ2v) is 7.05. The second kappa shape index (κ2) is 9.11. The van der Waals surface area contributed by atoms with Crippen molar-refractivity contribution in [2.45, 2.75) is 12.6 Å². The molecule has 0 atom stereocenters. The summed E-state index contributed by atoms with van der Waals surface area (Å²) in [4.78, 5) is 15.8. The highest BCUT2D eigenvalue weighted by Crippen LogP contribution is 2.37. The smallest absolute Gasteiger partial charge is 0.406 e. The summed E-state index contributed by atoms with van der Waals surface area (Å²) < 4.78 is 46.1. The van der Waals surface area contributed by atoms with Crippen LogP contribution in [0.25, 0.3) is 5.82 Å². The molecule has 12 heteroatoms. The van der Waals surface area contributed by atoms with Crippen molar-refractivity contribution in [1.82, 2.24) is 20.1 Å². The average molecular weight is 480 g/mol. The molecule has 0 aliphatic heterocycles. The number of nitrogens with zero attached hydrogens (tertiary/aromatic N) is 3. The number of ether oxygens (including phenoxy) is 1. The van der Waals surface area contributed by atoms with E-state index in [9.17, 15) is 18.0 Å². The van der Waals surface area contributed by atoms with E-state index in [-0.39, 0.29) is 23.9 Å². The van der Waals surface area contributed by atoms with Crippen LogP contribution >= 0.6 is 34.8 Å². The lowest BCUT2D eigenvalue weighted by molar-refractivity contribution is -0.143. The lowest BCUT2D eigenvalue weighted by atomic mass is 10.1. The predicted molar refractivity (Wildman–Crippen MR) is 106 cm³/mol. The second-order valence-electron chi connectivity index (χ2n) is 5.85. The first-order valence-electron chi connectivity index (χ1n) is 8.33. The van der Waals surface area contributed by atoms with Gasteiger partial charge in [0.2, 0.25) is 0 Å². The van der Waals surface area contributed by atoms with Gasteiger partial charge in [-0.2, -0.15) is 18.3 Å². The van der Waals surface area contributed by atoms with Gasteiger partial charge in [0.25, 0.3) is 0 Å². The maximum atomic E-state index is 13.6. The number of hydrogen-bond donors (Lipinski definition) is 1. The average Bonchev–Trinajstić information content (AvgIpc) is 3.08. The van der Waals surface area contributed by atoms with Crippen molar-refractivity contribution < 1.29 is 22.7 Å². The van der Waals surface area contributed by atoms with Crippen molar-refractivity contribution in [3.8, 4) is 11.6 Å². The molecule has 1 N–H and O–H groups in total. The van der Waals surface area contributed by atoms with Crippen molar-refractivity contribution in [3.63, 3.8) is 0 Å². The predicted octanol–water partition coefficient (Wildman–Crippen LogP) is 5.58. The van der Waals surface area contributed by atoms with Crippen molar-refractivity contribution in [3.05, 3.63) is 69.1 Å². The number of alkyl halides is 3. The van der Waals surface area contributed by atoms with E-state index < -0.39 is 23.7 Å². The van der Waals surface area contributed by atoms with Crippen molar-refractivity contribution >= 4 is 40.9 Å². The third kappa shape index (κ3) is 5.16. The van der Waals surface area contributed by atoms with Crippen LogP contribution in [-0.4, -0.2) is 27.4 Å². The fourth-order valence-electron chi connectivity index (χ4n) is 2.55. The van der Waals surface area contributed by atoms with Gasteiger partial charge in [-0.05, 0) is 36.2 Å². The maximum absolute atomic E-state index is 13.6. The minimum absolute atomic E-state index is 0.0189. The Morgan fingerprint density at radius 3 is 2.40 bits per heavy atom. The van der Waals surface area contributed by atoms with Gasteiger partial charge in [-0.25, -0.2) is 14.5 Å². The van der Waals surface area contributed by atoms with Gasteiger partial charge in [0, 0.05) is 16.6 Å². The van der Waals surface area contributed by atoms with E-state index in [1.807, 2.05) is 0 Å². The Bertz CT molecular complexity index is 1050. The molecule has 0 saturated heterocycles. The zero-order valence-corrected chi connectivity index (χ0v) is 17.1. The molecule has 0 aliphatic rings. The first-order chi connectivity index (χ1) is 14.2. The van der Waals surface area contributed by atoms with E-state index in [4.69, 9.17) is 39.5 Å². The number of carbonyl (C=O) groups is 1. The maximum Gasteiger partial charge on any atom is 0.437 e. The number of hydrogen-bond acceptors (Lipinski definition) is 4. The Kier molecular flexibility index (Phi) is 6.74. The Hall–Kier alpha value is -2.49. The Morgan fingerprint density at radius 2 is 1.77 bits per heavy atom. The third-order valence-electron chi connectivity index (χ3n) is 3.83. The molecule has 0 bridgehead atoms. The van der Waals surface area contributed by atoms with Crippen LogP contribution in [0.15, 0.2) is 42.6 Å². The molecule has 0 fully saturated rings. The van der Waals surface area contributed by atoms with Crippen LogP contribution < -0.4 is 10.1 Å². The molecule has 0 saturated carbocycles. The standard InChI is InChI=1S/C18H12Cl3F3N4O2/c19-11-3-1-4-12(20)10(11)7-8-25-17(29)30-13-9-26-28(16(13)18(22,23)24)15-6-2-5-14(21)27-15/h1-6,9H,7-8H2,(H,25,29). The fourth-order valence-corrected chi connectivity index (χ4v) is 3.30. The summed E-state index contributed by atoms with van der Waals surface area (Å²) in [6, 6.07) is 9.04. The first-order valence-corrected chi connectivity index (χ1v) is 9.47. The number of aromatic nitrogens is 3. The van der Waals surface area contributed by atoms with Crippen LogP contribution in [-0.2, 0) is 12.6 Å². The van der Waals surface area contributed by atoms with E-state index in [1.54, 1.807) is 18.2 Å². The molecule has 6 nitrogen and oxygen atoms in total. The van der Waals surface area contributed by atoms with Crippen LogP contribution in [0, 0.1) is 0 Å². The zero-order chi connectivity index (χ0) is 21.9. The van der Waals surface area contributed by atoms with E-state index in [0.717, 1.165) is 6.20 Å². The molecule has 0 unspecified atom stereocenters. The monoisotopic (exact) mass is 478 g/mol. The fraction of sp³-hybridized carbons (Fsp3) is 0.167. The van der Waals surface area contributed by atoms with Crippen LogP contribution in [0.2, 0.25) is 15.2 Å². The molecular weight excluding hydrogens is 468 g/mol. The number of amides is 1. The highest BCUT2D eigenvalue weighted by molar-refractivity contribution is 6.36. The van der Waals surface area contributed by atoms with Crippen molar-refractivity contribution in [2.24, 2.45) is 0 Å². The van der Waals surface area contributed by atoms with Gasteiger partial charge in [0.05, 0.1) is 6.20 Å². The number of nitrogens with one attached hydrogen (secondary N) is 1. The summed E-state index contributed by atoms with van der Waals surface area (Å²) in [7, 11) is 0. The summed E-state index contributed by atoms with van der Waals surface area (Å²) in [5.41, 5.74) is -0.710. The Labute approximate surface area is 183 Å². The summed E-state index contributed by atoms with van der Waals surface area (Å²) in [6.45, 7) is 0.0353. The van der Waals surface area contributed by atoms with E-state index >= 15 is 0 Å². The highest BCUT2D eigenvalue weighted by Gasteiger charge is 2.40. The van der Waals surface area contributed by atoms with Crippen LogP contribution in [0.1, 0.15) is 11.3 Å². The SMILES string of the molecule is O=C(NCCc1c(Cl)cccc1Cl)Oc1cnn(-c2cccc(Cl)n2)c1C(F)(F)F. The summed E-state index contributed by atoms with van der Waals surface area (Å²) in [6.07, 6.45) is -4.94. The van der Waals surface area contributed by atoms with Gasteiger partial charge in [-0.1, -0.05) is 46.9 Å². The number of rotatable bonds is 5. The Morgan fingerprint density at radius 1 is 1.10 bits per heavy atom. The van der Waals surface area contributed by atoms with Gasteiger partial charge in [0.1, 0.15) is 5.15 Å². The summed E-state index contributed by atoms with van der Waals surface area (Å²) in [5.74, 6) is -0.962. The van der Waals surface area contributed by atoms with Gasteiger partial charge in [-0.3, -0.25) is 0 Å². The van der Waals surface area contributed by atoms with Crippen LogP contribution in [0.5, 0.6) is 5.75 Å². The molecule has 158 valence electrons. The van der Waals surface area contributed by atoms with E-state index in [1.165, 1.54) is 18.2 Å². The summed E-state index contributed by atoms with van der Waals surface area (Å²) >= 11 is 17.8. The quantitative estimate of drug-likeness (QED) is 0.485. The lowest BCUT2D eigenvalue weighted by Gasteiger charge is -2.12.